The number of hydrogen-bond donors (Lipinski definition) is 1. The van der Waals surface area contributed by atoms with E-state index >= 15 is 0 Å². The molecule has 1 aliphatic carbocycles. The predicted octanol–water partition coefficient (Wildman–Crippen LogP) is 1.82. The van der Waals surface area contributed by atoms with Gasteiger partial charge in [-0.25, -0.2) is 0 Å². The fraction of sp³-hybridized carbons (Fsp3) is 0.636. The highest BCUT2D eigenvalue weighted by atomic mass is 16.5. The largest absolute Gasteiger partial charge is 0.474 e. The van der Waals surface area contributed by atoms with E-state index in [0.717, 1.165) is 12.8 Å². The van der Waals surface area contributed by atoms with Crippen molar-refractivity contribution in [3.63, 3.8) is 0 Å². The Morgan fingerprint density at radius 3 is 2.80 bits per heavy atom. The summed E-state index contributed by atoms with van der Waals surface area (Å²) in [5, 5.41) is 0. The molecule has 4 nitrogen and oxygen atoms in total. The van der Waals surface area contributed by atoms with Crippen molar-refractivity contribution >= 4 is 0 Å². The number of H-pyrrole nitrogens is 1. The van der Waals surface area contributed by atoms with Gasteiger partial charge < -0.3 is 9.72 Å². The Morgan fingerprint density at radius 1 is 1.53 bits per heavy atom. The predicted molar refractivity (Wildman–Crippen MR) is 57.2 cm³/mol. The maximum atomic E-state index is 11.3. The van der Waals surface area contributed by atoms with Crippen molar-refractivity contribution in [2.24, 2.45) is 0 Å². The van der Waals surface area contributed by atoms with E-state index in [4.69, 9.17) is 4.74 Å². The third-order valence-corrected chi connectivity index (χ3v) is 2.62. The monoisotopic (exact) mass is 208 g/mol. The minimum absolute atomic E-state index is 0.136. The van der Waals surface area contributed by atoms with Crippen LogP contribution in [0.4, 0.5) is 0 Å². The molecular weight excluding hydrogens is 192 g/mol. The van der Waals surface area contributed by atoms with Crippen LogP contribution in [-0.2, 0) is 0 Å². The zero-order chi connectivity index (χ0) is 10.8. The van der Waals surface area contributed by atoms with Crippen LogP contribution in [-0.4, -0.2) is 16.1 Å². The Bertz CT molecular complexity index is 394. The van der Waals surface area contributed by atoms with Crippen LogP contribution in [0.3, 0.4) is 0 Å². The minimum Gasteiger partial charge on any atom is -0.474 e. The highest BCUT2D eigenvalue weighted by Crippen LogP contribution is 2.23. The summed E-state index contributed by atoms with van der Waals surface area (Å²) in [5.41, 5.74) is -0.136. The molecule has 1 aliphatic rings. The number of aromatic amines is 1. The maximum Gasteiger partial charge on any atom is 0.254 e. The fourth-order valence-electron chi connectivity index (χ4n) is 1.45. The zero-order valence-electron chi connectivity index (χ0n) is 9.12. The first-order valence-electron chi connectivity index (χ1n) is 5.43. The summed E-state index contributed by atoms with van der Waals surface area (Å²) in [6.07, 6.45) is 3.63. The Balaban J connectivity index is 2.18. The van der Waals surface area contributed by atoms with E-state index in [2.05, 4.69) is 9.97 Å². The molecule has 1 N–H and O–H groups in total. The number of hydrogen-bond acceptors (Lipinski definition) is 3. The fourth-order valence-corrected chi connectivity index (χ4v) is 1.45. The molecule has 4 heteroatoms. The molecule has 0 saturated heterocycles. The maximum absolute atomic E-state index is 11.3. The lowest BCUT2D eigenvalue weighted by atomic mass is 9.96. The van der Waals surface area contributed by atoms with Crippen LogP contribution >= 0.6 is 0 Å². The second-order valence-corrected chi connectivity index (χ2v) is 4.29. The molecule has 1 heterocycles. The molecule has 1 aromatic rings. The number of aromatic nitrogens is 2. The van der Waals surface area contributed by atoms with E-state index < -0.39 is 0 Å². The summed E-state index contributed by atoms with van der Waals surface area (Å²) in [5.74, 6) is 1.37. The van der Waals surface area contributed by atoms with Crippen LogP contribution in [0.15, 0.2) is 10.9 Å². The van der Waals surface area contributed by atoms with Gasteiger partial charge in [0, 0.05) is 5.92 Å². The summed E-state index contributed by atoms with van der Waals surface area (Å²) < 4.78 is 5.59. The van der Waals surface area contributed by atoms with E-state index in [1.165, 1.54) is 12.5 Å². The number of nitrogens with one attached hydrogen (secondary N) is 1. The molecule has 1 fully saturated rings. The van der Waals surface area contributed by atoms with Crippen molar-refractivity contribution in [1.29, 1.82) is 0 Å². The third kappa shape index (κ3) is 2.37. The molecule has 15 heavy (non-hydrogen) atoms. The van der Waals surface area contributed by atoms with Crippen molar-refractivity contribution in [2.45, 2.75) is 45.1 Å². The SMILES string of the molecule is CC(C)c1nc(OC2CCC2)cc(=O)[nH]1. The second kappa shape index (κ2) is 4.04. The molecule has 0 aliphatic heterocycles. The van der Waals surface area contributed by atoms with Crippen LogP contribution in [0.5, 0.6) is 5.88 Å². The van der Waals surface area contributed by atoms with E-state index in [-0.39, 0.29) is 17.6 Å². The molecule has 0 amide bonds. The van der Waals surface area contributed by atoms with Gasteiger partial charge in [-0.15, -0.1) is 0 Å². The van der Waals surface area contributed by atoms with E-state index in [1.54, 1.807) is 0 Å². The molecule has 1 aromatic heterocycles. The first-order chi connectivity index (χ1) is 7.15. The topological polar surface area (TPSA) is 55.0 Å². The van der Waals surface area contributed by atoms with Gasteiger partial charge in [0.05, 0.1) is 6.07 Å². The lowest BCUT2D eigenvalue weighted by Crippen LogP contribution is -2.26. The highest BCUT2D eigenvalue weighted by molar-refractivity contribution is 5.11. The Hall–Kier alpha value is -1.32. The van der Waals surface area contributed by atoms with Gasteiger partial charge in [-0.2, -0.15) is 4.98 Å². The molecule has 2 rings (SSSR count). The first kappa shape index (κ1) is 10.2. The molecule has 0 aromatic carbocycles. The van der Waals surface area contributed by atoms with Crippen LogP contribution in [0, 0.1) is 0 Å². The molecule has 0 unspecified atom stereocenters. The summed E-state index contributed by atoms with van der Waals surface area (Å²) in [6, 6.07) is 1.42. The average molecular weight is 208 g/mol. The van der Waals surface area contributed by atoms with Gasteiger partial charge in [-0.05, 0) is 19.3 Å². The van der Waals surface area contributed by atoms with Crippen LogP contribution in [0.2, 0.25) is 0 Å². The van der Waals surface area contributed by atoms with Crippen LogP contribution in [0.1, 0.15) is 44.9 Å². The zero-order valence-corrected chi connectivity index (χ0v) is 9.12. The highest BCUT2D eigenvalue weighted by Gasteiger charge is 2.20. The van der Waals surface area contributed by atoms with Gasteiger partial charge in [0.2, 0.25) is 5.88 Å². The van der Waals surface area contributed by atoms with E-state index in [0.29, 0.717) is 11.7 Å². The first-order valence-corrected chi connectivity index (χ1v) is 5.43. The second-order valence-electron chi connectivity index (χ2n) is 4.29. The molecule has 0 bridgehead atoms. The molecule has 82 valence electrons. The Kier molecular flexibility index (Phi) is 2.75. The summed E-state index contributed by atoms with van der Waals surface area (Å²) in [6.45, 7) is 3.98. The van der Waals surface area contributed by atoms with Crippen LogP contribution < -0.4 is 10.3 Å². The number of rotatable bonds is 3. The van der Waals surface area contributed by atoms with Crippen molar-refractivity contribution in [3.8, 4) is 5.88 Å². The van der Waals surface area contributed by atoms with Gasteiger partial charge >= 0.3 is 0 Å². The quantitative estimate of drug-likeness (QED) is 0.824. The Labute approximate surface area is 88.7 Å². The van der Waals surface area contributed by atoms with Crippen LogP contribution in [0.25, 0.3) is 0 Å². The normalized spacial score (nSPS) is 16.5. The van der Waals surface area contributed by atoms with Gasteiger partial charge in [0.25, 0.3) is 5.56 Å². The average Bonchev–Trinajstić information content (AvgIpc) is 2.10. The van der Waals surface area contributed by atoms with E-state index in [9.17, 15) is 4.79 Å². The summed E-state index contributed by atoms with van der Waals surface area (Å²) in [4.78, 5) is 18.3. The summed E-state index contributed by atoms with van der Waals surface area (Å²) in [7, 11) is 0. The summed E-state index contributed by atoms with van der Waals surface area (Å²) >= 11 is 0. The third-order valence-electron chi connectivity index (χ3n) is 2.62. The van der Waals surface area contributed by atoms with Crippen molar-refractivity contribution < 1.29 is 4.74 Å². The smallest absolute Gasteiger partial charge is 0.254 e. The van der Waals surface area contributed by atoms with Gasteiger partial charge in [-0.1, -0.05) is 13.8 Å². The van der Waals surface area contributed by atoms with Gasteiger partial charge in [0.15, 0.2) is 0 Å². The van der Waals surface area contributed by atoms with Gasteiger partial charge in [0.1, 0.15) is 11.9 Å². The standard InChI is InChI=1S/C11H16N2O2/c1-7(2)11-12-9(14)6-10(13-11)15-8-4-3-5-8/h6-8H,3-5H2,1-2H3,(H,12,13,14). The molecule has 0 atom stereocenters. The van der Waals surface area contributed by atoms with Crippen molar-refractivity contribution in [2.75, 3.05) is 0 Å². The number of ether oxygens (including phenoxy) is 1. The van der Waals surface area contributed by atoms with Gasteiger partial charge in [-0.3, -0.25) is 4.79 Å². The lowest BCUT2D eigenvalue weighted by Gasteiger charge is -2.25. The minimum atomic E-state index is -0.136. The van der Waals surface area contributed by atoms with E-state index in [1.807, 2.05) is 13.8 Å². The molecule has 1 saturated carbocycles. The van der Waals surface area contributed by atoms with Crippen molar-refractivity contribution in [3.05, 3.63) is 22.2 Å². The molecular formula is C11H16N2O2. The Morgan fingerprint density at radius 2 is 2.27 bits per heavy atom. The molecule has 0 radical (unpaired) electrons. The molecule has 0 spiro atoms. The number of nitrogens with zero attached hydrogens (tertiary/aromatic N) is 1. The lowest BCUT2D eigenvalue weighted by molar-refractivity contribution is 0.114. The van der Waals surface area contributed by atoms with Crippen molar-refractivity contribution in [1.82, 2.24) is 9.97 Å².